The Kier molecular flexibility index (Phi) is 5.75. The first kappa shape index (κ1) is 13.1. The number of rotatable bonds is 6. The molecule has 88 valence electrons. The summed E-state index contributed by atoms with van der Waals surface area (Å²) in [5.74, 6) is 0. The molecule has 1 N–H and O–H groups in total. The second-order valence-electron chi connectivity index (χ2n) is 3.32. The van der Waals surface area contributed by atoms with Gasteiger partial charge in [0.25, 0.3) is 0 Å². The predicted octanol–water partition coefficient (Wildman–Crippen LogP) is 2.80. The standard InChI is InChI=1S/C9H19N2O2PS/c1-3-12-14(15,13-4-2)11-10-9-7-5-6-8-9/h3-8H2,1-2H3,(H,11,15). The zero-order valence-corrected chi connectivity index (χ0v) is 11.1. The lowest BCUT2D eigenvalue weighted by Gasteiger charge is -2.19. The van der Waals surface area contributed by atoms with Crippen LogP contribution in [0.1, 0.15) is 39.5 Å². The van der Waals surface area contributed by atoms with Gasteiger partial charge in [0.1, 0.15) is 0 Å². The lowest BCUT2D eigenvalue weighted by Crippen LogP contribution is -2.11. The molecule has 0 unspecified atom stereocenters. The minimum absolute atomic E-state index is 0.551. The Morgan fingerprint density at radius 3 is 2.27 bits per heavy atom. The zero-order chi connectivity index (χ0) is 11.1. The van der Waals surface area contributed by atoms with E-state index in [1.54, 1.807) is 0 Å². The van der Waals surface area contributed by atoms with Gasteiger partial charge in [0.15, 0.2) is 0 Å². The fraction of sp³-hybridized carbons (Fsp3) is 0.889. The Labute approximate surface area is 96.6 Å². The molecule has 1 aliphatic carbocycles. The second kappa shape index (κ2) is 6.59. The van der Waals surface area contributed by atoms with Gasteiger partial charge in [-0.25, -0.2) is 5.20 Å². The molecule has 1 saturated carbocycles. The third-order valence-electron chi connectivity index (χ3n) is 2.11. The molecule has 0 saturated heterocycles. The average Bonchev–Trinajstić information content (AvgIpc) is 2.68. The van der Waals surface area contributed by atoms with Crippen molar-refractivity contribution in [1.29, 1.82) is 0 Å². The molecule has 15 heavy (non-hydrogen) atoms. The molecule has 0 aliphatic heterocycles. The van der Waals surface area contributed by atoms with Gasteiger partial charge in [-0.3, -0.25) is 0 Å². The number of nitrogens with one attached hydrogen (secondary N) is 1. The van der Waals surface area contributed by atoms with Crippen molar-refractivity contribution < 1.29 is 9.05 Å². The maximum absolute atomic E-state index is 5.42. The van der Waals surface area contributed by atoms with E-state index in [1.807, 2.05) is 13.8 Å². The van der Waals surface area contributed by atoms with E-state index in [-0.39, 0.29) is 0 Å². The van der Waals surface area contributed by atoms with Crippen molar-refractivity contribution in [1.82, 2.24) is 5.20 Å². The molecule has 0 amide bonds. The van der Waals surface area contributed by atoms with Crippen molar-refractivity contribution in [2.75, 3.05) is 13.2 Å². The second-order valence-corrected chi connectivity index (χ2v) is 6.47. The summed E-state index contributed by atoms with van der Waals surface area (Å²) in [6.07, 6.45) is 4.60. The SMILES string of the molecule is CCOP(=S)(NN=C1CCCC1)OCC. The zero-order valence-electron chi connectivity index (χ0n) is 9.36. The number of hydrogen-bond donors (Lipinski definition) is 1. The summed E-state index contributed by atoms with van der Waals surface area (Å²) in [6.45, 7) is 2.54. The van der Waals surface area contributed by atoms with Crippen LogP contribution in [-0.2, 0) is 20.9 Å². The average molecular weight is 250 g/mol. The van der Waals surface area contributed by atoms with E-state index in [2.05, 4.69) is 10.3 Å². The molecule has 0 bridgehead atoms. The van der Waals surface area contributed by atoms with Gasteiger partial charge < -0.3 is 9.05 Å². The van der Waals surface area contributed by atoms with Crippen LogP contribution in [0.15, 0.2) is 5.10 Å². The Balaban J connectivity index is 2.50. The quantitative estimate of drug-likeness (QED) is 0.581. The molecule has 6 heteroatoms. The van der Waals surface area contributed by atoms with Crippen LogP contribution in [-0.4, -0.2) is 18.9 Å². The molecule has 1 fully saturated rings. The van der Waals surface area contributed by atoms with Crippen LogP contribution in [0, 0.1) is 0 Å². The summed E-state index contributed by atoms with van der Waals surface area (Å²) in [4.78, 5) is 0. The Morgan fingerprint density at radius 1 is 1.27 bits per heavy atom. The number of hydrogen-bond acceptors (Lipinski definition) is 4. The van der Waals surface area contributed by atoms with Gasteiger partial charge in [0.2, 0.25) is 0 Å². The molecule has 1 aliphatic rings. The summed E-state index contributed by atoms with van der Waals surface area (Å²) in [6, 6.07) is 0. The largest absolute Gasteiger partial charge is 0.313 e. The van der Waals surface area contributed by atoms with Crippen molar-refractivity contribution in [2.24, 2.45) is 5.10 Å². The predicted molar refractivity (Wildman–Crippen MR) is 66.6 cm³/mol. The maximum Gasteiger partial charge on any atom is 0.303 e. The minimum atomic E-state index is -2.38. The smallest absolute Gasteiger partial charge is 0.303 e. The van der Waals surface area contributed by atoms with E-state index in [1.165, 1.54) is 18.6 Å². The Bertz CT molecular complexity index is 253. The monoisotopic (exact) mass is 250 g/mol. The van der Waals surface area contributed by atoms with E-state index < -0.39 is 6.64 Å². The summed E-state index contributed by atoms with van der Waals surface area (Å²) in [5.41, 5.74) is 1.18. The van der Waals surface area contributed by atoms with E-state index in [9.17, 15) is 0 Å². The highest BCUT2D eigenvalue weighted by atomic mass is 32.5. The third kappa shape index (κ3) is 4.60. The number of hydrazone groups is 1. The summed E-state index contributed by atoms with van der Waals surface area (Å²) >= 11 is 5.28. The van der Waals surface area contributed by atoms with Crippen molar-refractivity contribution in [3.05, 3.63) is 0 Å². The molecular formula is C9H19N2O2PS. The molecule has 0 aromatic carbocycles. The first-order chi connectivity index (χ1) is 7.20. The first-order valence-corrected chi connectivity index (χ1v) is 8.06. The van der Waals surface area contributed by atoms with Crippen LogP contribution in [0.2, 0.25) is 0 Å². The molecular weight excluding hydrogens is 231 g/mol. The third-order valence-corrected chi connectivity index (χ3v) is 4.53. The van der Waals surface area contributed by atoms with Gasteiger partial charge in [-0.15, -0.1) is 0 Å². The van der Waals surface area contributed by atoms with Gasteiger partial charge in [-0.1, -0.05) is 0 Å². The van der Waals surface area contributed by atoms with Crippen molar-refractivity contribution in [3.63, 3.8) is 0 Å². The molecule has 0 spiro atoms. The lowest BCUT2D eigenvalue weighted by atomic mass is 10.3. The fourth-order valence-electron chi connectivity index (χ4n) is 1.46. The van der Waals surface area contributed by atoms with E-state index in [4.69, 9.17) is 20.9 Å². The fourth-order valence-corrected chi connectivity index (χ4v) is 3.35. The molecule has 0 aromatic heterocycles. The highest BCUT2D eigenvalue weighted by Gasteiger charge is 2.17. The Morgan fingerprint density at radius 2 is 1.80 bits per heavy atom. The highest BCUT2D eigenvalue weighted by Crippen LogP contribution is 2.43. The van der Waals surface area contributed by atoms with Gasteiger partial charge in [-0.2, -0.15) is 5.10 Å². The molecule has 0 heterocycles. The normalized spacial score (nSPS) is 16.8. The molecule has 0 radical (unpaired) electrons. The summed E-state index contributed by atoms with van der Waals surface area (Å²) in [7, 11) is 0. The van der Waals surface area contributed by atoms with Gasteiger partial charge >= 0.3 is 6.64 Å². The Hall–Kier alpha value is 0.0400. The number of nitrogens with zero attached hydrogens (tertiary/aromatic N) is 1. The lowest BCUT2D eigenvalue weighted by molar-refractivity contribution is 0.259. The van der Waals surface area contributed by atoms with Gasteiger partial charge in [0, 0.05) is 5.71 Å². The van der Waals surface area contributed by atoms with Crippen LogP contribution < -0.4 is 5.20 Å². The summed E-state index contributed by atoms with van der Waals surface area (Å²) < 4.78 is 10.8. The van der Waals surface area contributed by atoms with Crippen molar-refractivity contribution >= 4 is 24.2 Å². The van der Waals surface area contributed by atoms with Crippen molar-refractivity contribution in [3.8, 4) is 0 Å². The van der Waals surface area contributed by atoms with Gasteiger partial charge in [0.05, 0.1) is 13.2 Å². The molecule has 0 atom stereocenters. The highest BCUT2D eigenvalue weighted by molar-refractivity contribution is 8.08. The topological polar surface area (TPSA) is 42.8 Å². The summed E-state index contributed by atoms with van der Waals surface area (Å²) in [5, 5.41) is 7.20. The molecule has 4 nitrogen and oxygen atoms in total. The van der Waals surface area contributed by atoms with Crippen LogP contribution in [0.4, 0.5) is 0 Å². The molecule has 0 aromatic rings. The molecule has 1 rings (SSSR count). The van der Waals surface area contributed by atoms with Crippen LogP contribution >= 0.6 is 6.64 Å². The van der Waals surface area contributed by atoms with E-state index in [0.717, 1.165) is 12.8 Å². The minimum Gasteiger partial charge on any atom is -0.313 e. The van der Waals surface area contributed by atoms with Crippen LogP contribution in [0.3, 0.4) is 0 Å². The van der Waals surface area contributed by atoms with E-state index >= 15 is 0 Å². The van der Waals surface area contributed by atoms with Crippen LogP contribution in [0.5, 0.6) is 0 Å². The first-order valence-electron chi connectivity index (χ1n) is 5.42. The van der Waals surface area contributed by atoms with Crippen LogP contribution in [0.25, 0.3) is 0 Å². The maximum atomic E-state index is 5.42. The van der Waals surface area contributed by atoms with Gasteiger partial charge in [-0.05, 0) is 51.3 Å². The van der Waals surface area contributed by atoms with E-state index in [0.29, 0.717) is 13.2 Å². The van der Waals surface area contributed by atoms with Crippen molar-refractivity contribution in [2.45, 2.75) is 39.5 Å².